The molecule has 3 aromatic rings. The van der Waals surface area contributed by atoms with Crippen LogP contribution in [0.2, 0.25) is 0 Å². The van der Waals surface area contributed by atoms with Crippen molar-refractivity contribution in [1.82, 2.24) is 25.6 Å². The van der Waals surface area contributed by atoms with Crippen LogP contribution in [0, 0.1) is 13.8 Å². The van der Waals surface area contributed by atoms with Crippen molar-refractivity contribution in [3.05, 3.63) is 47.4 Å². The number of carbonyl (C=O) groups excluding carboxylic acids is 1. The summed E-state index contributed by atoms with van der Waals surface area (Å²) in [6.07, 6.45) is 4.23. The summed E-state index contributed by atoms with van der Waals surface area (Å²) < 4.78 is 10.3. The van der Waals surface area contributed by atoms with E-state index in [-0.39, 0.29) is 11.9 Å². The van der Waals surface area contributed by atoms with E-state index in [4.69, 9.17) is 9.05 Å². The SMILES string of the molecule is Cc1noc(C)c1CCC(=O)NC(C)c1nc(-c2cccnc2)no1. The van der Waals surface area contributed by atoms with Crippen molar-refractivity contribution in [2.24, 2.45) is 0 Å². The van der Waals surface area contributed by atoms with Gasteiger partial charge >= 0.3 is 0 Å². The predicted molar refractivity (Wildman–Crippen MR) is 88.4 cm³/mol. The van der Waals surface area contributed by atoms with Crippen LogP contribution in [0.3, 0.4) is 0 Å². The van der Waals surface area contributed by atoms with E-state index >= 15 is 0 Å². The normalized spacial score (nSPS) is 12.1. The third kappa shape index (κ3) is 3.90. The standard InChI is InChI=1S/C17H19N5O3/c1-10-14(12(3)24-21-10)6-7-15(23)19-11(2)17-20-16(22-25-17)13-5-4-8-18-9-13/h4-5,8-9,11H,6-7H2,1-3H3,(H,19,23). The highest BCUT2D eigenvalue weighted by Crippen LogP contribution is 2.18. The molecule has 25 heavy (non-hydrogen) atoms. The Morgan fingerprint density at radius 1 is 1.28 bits per heavy atom. The third-order valence-electron chi connectivity index (χ3n) is 3.89. The second-order valence-electron chi connectivity index (χ2n) is 5.79. The minimum Gasteiger partial charge on any atom is -0.361 e. The predicted octanol–water partition coefficient (Wildman–Crippen LogP) is 2.55. The lowest BCUT2D eigenvalue weighted by Gasteiger charge is -2.09. The number of amides is 1. The van der Waals surface area contributed by atoms with Crippen molar-refractivity contribution in [3.8, 4) is 11.4 Å². The summed E-state index contributed by atoms with van der Waals surface area (Å²) in [4.78, 5) is 20.5. The van der Waals surface area contributed by atoms with Crippen LogP contribution < -0.4 is 5.32 Å². The van der Waals surface area contributed by atoms with Crippen molar-refractivity contribution in [2.45, 2.75) is 39.7 Å². The van der Waals surface area contributed by atoms with Crippen LogP contribution in [0.4, 0.5) is 0 Å². The summed E-state index contributed by atoms with van der Waals surface area (Å²) in [6.45, 7) is 5.51. The molecule has 1 amide bonds. The fourth-order valence-corrected chi connectivity index (χ4v) is 2.50. The summed E-state index contributed by atoms with van der Waals surface area (Å²) in [5, 5.41) is 10.7. The van der Waals surface area contributed by atoms with Crippen LogP contribution in [-0.4, -0.2) is 26.2 Å². The summed E-state index contributed by atoms with van der Waals surface area (Å²) in [7, 11) is 0. The molecule has 3 rings (SSSR count). The number of hydrogen-bond acceptors (Lipinski definition) is 7. The number of nitrogens with one attached hydrogen (secondary N) is 1. The van der Waals surface area contributed by atoms with E-state index in [0.29, 0.717) is 24.6 Å². The third-order valence-corrected chi connectivity index (χ3v) is 3.89. The fourth-order valence-electron chi connectivity index (χ4n) is 2.50. The van der Waals surface area contributed by atoms with Gasteiger partial charge in [0.15, 0.2) is 0 Å². The van der Waals surface area contributed by atoms with Gasteiger partial charge in [0, 0.05) is 29.9 Å². The number of pyridine rings is 1. The first-order chi connectivity index (χ1) is 12.0. The summed E-state index contributed by atoms with van der Waals surface area (Å²) >= 11 is 0. The fraction of sp³-hybridized carbons (Fsp3) is 0.353. The molecule has 3 aromatic heterocycles. The maximum Gasteiger partial charge on any atom is 0.249 e. The summed E-state index contributed by atoms with van der Waals surface area (Å²) in [5.74, 6) is 1.44. The van der Waals surface area contributed by atoms with Crippen molar-refractivity contribution in [3.63, 3.8) is 0 Å². The van der Waals surface area contributed by atoms with E-state index in [9.17, 15) is 4.79 Å². The average molecular weight is 341 g/mol. The molecule has 0 spiro atoms. The highest BCUT2D eigenvalue weighted by Gasteiger charge is 2.18. The summed E-state index contributed by atoms with van der Waals surface area (Å²) in [6, 6.07) is 3.26. The Kier molecular flexibility index (Phi) is 4.87. The van der Waals surface area contributed by atoms with Gasteiger partial charge in [0.1, 0.15) is 11.8 Å². The average Bonchev–Trinajstić information content (AvgIpc) is 3.22. The lowest BCUT2D eigenvalue weighted by atomic mass is 10.1. The lowest BCUT2D eigenvalue weighted by Crippen LogP contribution is -2.27. The van der Waals surface area contributed by atoms with E-state index in [0.717, 1.165) is 22.6 Å². The van der Waals surface area contributed by atoms with Crippen LogP contribution in [-0.2, 0) is 11.2 Å². The quantitative estimate of drug-likeness (QED) is 0.734. The Balaban J connectivity index is 1.58. The van der Waals surface area contributed by atoms with Gasteiger partial charge in [-0.2, -0.15) is 4.98 Å². The number of aromatic nitrogens is 4. The topological polar surface area (TPSA) is 107 Å². The van der Waals surface area contributed by atoms with Gasteiger partial charge in [-0.15, -0.1) is 0 Å². The molecule has 0 bridgehead atoms. The Morgan fingerprint density at radius 2 is 2.12 bits per heavy atom. The molecular weight excluding hydrogens is 322 g/mol. The van der Waals surface area contributed by atoms with Crippen molar-refractivity contribution >= 4 is 5.91 Å². The van der Waals surface area contributed by atoms with Crippen molar-refractivity contribution in [1.29, 1.82) is 0 Å². The largest absolute Gasteiger partial charge is 0.361 e. The molecule has 3 heterocycles. The lowest BCUT2D eigenvalue weighted by molar-refractivity contribution is -0.121. The number of rotatable bonds is 6. The molecule has 130 valence electrons. The Labute approximate surface area is 144 Å². The molecule has 0 saturated heterocycles. The molecule has 0 aliphatic carbocycles. The van der Waals surface area contributed by atoms with Crippen LogP contribution in [0.5, 0.6) is 0 Å². The number of nitrogens with zero attached hydrogens (tertiary/aromatic N) is 4. The van der Waals surface area contributed by atoms with Crippen LogP contribution in [0.15, 0.2) is 33.6 Å². The Bertz CT molecular complexity index is 837. The molecule has 0 aliphatic heterocycles. The van der Waals surface area contributed by atoms with Gasteiger partial charge < -0.3 is 14.4 Å². The van der Waals surface area contributed by atoms with Gasteiger partial charge in [0.05, 0.1) is 5.69 Å². The van der Waals surface area contributed by atoms with Gasteiger partial charge in [-0.25, -0.2) is 0 Å². The van der Waals surface area contributed by atoms with Gasteiger partial charge in [0.2, 0.25) is 17.6 Å². The second-order valence-corrected chi connectivity index (χ2v) is 5.79. The molecule has 0 saturated carbocycles. The van der Waals surface area contributed by atoms with Gasteiger partial charge in [-0.3, -0.25) is 9.78 Å². The zero-order valence-electron chi connectivity index (χ0n) is 14.3. The first-order valence-corrected chi connectivity index (χ1v) is 7.99. The molecule has 0 fully saturated rings. The minimum absolute atomic E-state index is 0.103. The first-order valence-electron chi connectivity index (χ1n) is 7.99. The number of carbonyl (C=O) groups is 1. The van der Waals surface area contributed by atoms with Crippen molar-refractivity contribution < 1.29 is 13.8 Å². The molecule has 0 aliphatic rings. The maximum atomic E-state index is 12.2. The van der Waals surface area contributed by atoms with E-state index in [1.165, 1.54) is 0 Å². The molecule has 0 radical (unpaired) electrons. The highest BCUT2D eigenvalue weighted by molar-refractivity contribution is 5.76. The molecular formula is C17H19N5O3. The minimum atomic E-state index is -0.380. The molecule has 8 heteroatoms. The highest BCUT2D eigenvalue weighted by atomic mass is 16.5. The zero-order valence-corrected chi connectivity index (χ0v) is 14.3. The Morgan fingerprint density at radius 3 is 2.80 bits per heavy atom. The van der Waals surface area contributed by atoms with E-state index < -0.39 is 0 Å². The molecule has 0 aromatic carbocycles. The number of aryl methyl sites for hydroxylation is 2. The van der Waals surface area contributed by atoms with Crippen LogP contribution >= 0.6 is 0 Å². The smallest absolute Gasteiger partial charge is 0.249 e. The maximum absolute atomic E-state index is 12.2. The van der Waals surface area contributed by atoms with E-state index in [1.807, 2.05) is 19.9 Å². The van der Waals surface area contributed by atoms with E-state index in [2.05, 4.69) is 25.6 Å². The molecule has 8 nitrogen and oxygen atoms in total. The number of hydrogen-bond donors (Lipinski definition) is 1. The van der Waals surface area contributed by atoms with Crippen LogP contribution in [0.25, 0.3) is 11.4 Å². The van der Waals surface area contributed by atoms with Crippen molar-refractivity contribution in [2.75, 3.05) is 0 Å². The molecule has 1 atom stereocenters. The Hall–Kier alpha value is -3.03. The monoisotopic (exact) mass is 341 g/mol. The van der Waals surface area contributed by atoms with Gasteiger partial charge in [-0.1, -0.05) is 10.3 Å². The van der Waals surface area contributed by atoms with E-state index in [1.54, 1.807) is 25.4 Å². The summed E-state index contributed by atoms with van der Waals surface area (Å²) in [5.41, 5.74) is 2.55. The molecule has 1 N–H and O–H groups in total. The van der Waals surface area contributed by atoms with Gasteiger partial charge in [-0.05, 0) is 39.3 Å². The molecule has 1 unspecified atom stereocenters. The zero-order chi connectivity index (χ0) is 17.8. The first kappa shape index (κ1) is 16.8. The van der Waals surface area contributed by atoms with Crippen LogP contribution in [0.1, 0.15) is 42.3 Å². The second kappa shape index (κ2) is 7.25. The van der Waals surface area contributed by atoms with Gasteiger partial charge in [0.25, 0.3) is 0 Å².